The standard InChI is InChI=1S/C29H48O4/c30-28(31)27(29(32)33)25-21-16-14-12-10-8-6-4-2-1-3-5-7-9-11-13-15-18-22-26-23-19-17-20-24-26/h17,19-20,23-24,27H,1-16,18,21-22,25H2,(H,30,31)(H,32,33). The largest absolute Gasteiger partial charge is 0.481 e. The minimum atomic E-state index is -1.24. The molecule has 188 valence electrons. The number of rotatable bonds is 23. The second-order valence-electron chi connectivity index (χ2n) is 9.62. The summed E-state index contributed by atoms with van der Waals surface area (Å²) in [7, 11) is 0. The Kier molecular flexibility index (Phi) is 18.4. The highest BCUT2D eigenvalue weighted by Crippen LogP contribution is 2.16. The highest BCUT2D eigenvalue weighted by Gasteiger charge is 2.24. The molecule has 0 unspecified atom stereocenters. The second kappa shape index (κ2) is 20.7. The lowest BCUT2D eigenvalue weighted by atomic mass is 10.00. The molecule has 33 heavy (non-hydrogen) atoms. The average molecular weight is 461 g/mol. The zero-order valence-corrected chi connectivity index (χ0v) is 20.8. The molecule has 4 heteroatoms. The Morgan fingerprint density at radius 1 is 0.515 bits per heavy atom. The number of hydrogen-bond donors (Lipinski definition) is 2. The molecule has 0 aliphatic carbocycles. The average Bonchev–Trinajstić information content (AvgIpc) is 2.80. The monoisotopic (exact) mass is 460 g/mol. The summed E-state index contributed by atoms with van der Waals surface area (Å²) in [6, 6.07) is 10.8. The summed E-state index contributed by atoms with van der Waals surface area (Å²) >= 11 is 0. The molecule has 0 saturated heterocycles. The van der Waals surface area contributed by atoms with E-state index in [1.54, 1.807) is 0 Å². The maximum atomic E-state index is 10.8. The van der Waals surface area contributed by atoms with Crippen LogP contribution in [0.4, 0.5) is 0 Å². The van der Waals surface area contributed by atoms with E-state index in [9.17, 15) is 9.59 Å². The molecule has 1 rings (SSSR count). The Balaban J connectivity index is 1.73. The Bertz CT molecular complexity index is 585. The van der Waals surface area contributed by atoms with Gasteiger partial charge in [-0.25, -0.2) is 0 Å². The van der Waals surface area contributed by atoms with Crippen LogP contribution in [0.15, 0.2) is 30.3 Å². The van der Waals surface area contributed by atoms with Gasteiger partial charge in [-0.2, -0.15) is 0 Å². The van der Waals surface area contributed by atoms with Crippen molar-refractivity contribution in [2.24, 2.45) is 5.92 Å². The van der Waals surface area contributed by atoms with Crippen molar-refractivity contribution in [2.45, 2.75) is 128 Å². The van der Waals surface area contributed by atoms with Crippen LogP contribution >= 0.6 is 0 Å². The highest BCUT2D eigenvalue weighted by atomic mass is 16.4. The molecule has 1 aromatic rings. The van der Waals surface area contributed by atoms with Crippen molar-refractivity contribution >= 4 is 11.9 Å². The van der Waals surface area contributed by atoms with E-state index in [1.807, 2.05) is 0 Å². The van der Waals surface area contributed by atoms with Crippen molar-refractivity contribution in [1.82, 2.24) is 0 Å². The van der Waals surface area contributed by atoms with Crippen LogP contribution in [0.5, 0.6) is 0 Å². The number of carboxylic acid groups (broad SMARTS) is 2. The molecule has 0 heterocycles. The third-order valence-electron chi connectivity index (χ3n) is 6.65. The summed E-state index contributed by atoms with van der Waals surface area (Å²) in [6.07, 6.45) is 24.4. The number of carboxylic acids is 2. The molecular weight excluding hydrogens is 412 g/mol. The van der Waals surface area contributed by atoms with Crippen molar-refractivity contribution in [3.63, 3.8) is 0 Å². The summed E-state index contributed by atoms with van der Waals surface area (Å²) in [4.78, 5) is 21.6. The van der Waals surface area contributed by atoms with Crippen LogP contribution in [-0.2, 0) is 16.0 Å². The molecule has 0 spiro atoms. The van der Waals surface area contributed by atoms with Gasteiger partial charge >= 0.3 is 11.9 Å². The van der Waals surface area contributed by atoms with Gasteiger partial charge in [0, 0.05) is 0 Å². The zero-order valence-electron chi connectivity index (χ0n) is 20.8. The van der Waals surface area contributed by atoms with E-state index in [1.165, 1.54) is 108 Å². The van der Waals surface area contributed by atoms with Crippen LogP contribution in [-0.4, -0.2) is 22.2 Å². The van der Waals surface area contributed by atoms with Gasteiger partial charge in [-0.3, -0.25) is 9.59 Å². The van der Waals surface area contributed by atoms with E-state index >= 15 is 0 Å². The Labute approximate surface area is 202 Å². The van der Waals surface area contributed by atoms with Gasteiger partial charge in [-0.1, -0.05) is 139 Å². The van der Waals surface area contributed by atoms with Crippen molar-refractivity contribution in [1.29, 1.82) is 0 Å². The number of hydrogen-bond acceptors (Lipinski definition) is 2. The van der Waals surface area contributed by atoms with Crippen LogP contribution in [0.2, 0.25) is 0 Å². The predicted molar refractivity (Wildman–Crippen MR) is 137 cm³/mol. The fourth-order valence-electron chi connectivity index (χ4n) is 4.50. The van der Waals surface area contributed by atoms with Gasteiger partial charge < -0.3 is 10.2 Å². The number of carbonyl (C=O) groups is 2. The van der Waals surface area contributed by atoms with Gasteiger partial charge in [0.25, 0.3) is 0 Å². The third kappa shape index (κ3) is 17.3. The fraction of sp³-hybridized carbons (Fsp3) is 0.724. The predicted octanol–water partition coefficient (Wildman–Crippen LogP) is 8.43. The maximum absolute atomic E-state index is 10.8. The molecule has 1 aromatic carbocycles. The summed E-state index contributed by atoms with van der Waals surface area (Å²) < 4.78 is 0. The molecule has 0 aliphatic rings. The molecule has 4 nitrogen and oxygen atoms in total. The Hall–Kier alpha value is -1.84. The minimum Gasteiger partial charge on any atom is -0.481 e. The normalized spacial score (nSPS) is 11.2. The molecule has 0 saturated carbocycles. The van der Waals surface area contributed by atoms with Gasteiger partial charge in [0.15, 0.2) is 5.92 Å². The molecule has 0 atom stereocenters. The van der Waals surface area contributed by atoms with Gasteiger partial charge in [-0.15, -0.1) is 0 Å². The van der Waals surface area contributed by atoms with E-state index in [4.69, 9.17) is 10.2 Å². The third-order valence-corrected chi connectivity index (χ3v) is 6.65. The van der Waals surface area contributed by atoms with Gasteiger partial charge in [0.1, 0.15) is 0 Å². The molecule has 0 fully saturated rings. The maximum Gasteiger partial charge on any atom is 0.317 e. The lowest BCUT2D eigenvalue weighted by Crippen LogP contribution is -2.23. The van der Waals surface area contributed by atoms with Crippen LogP contribution < -0.4 is 0 Å². The van der Waals surface area contributed by atoms with Gasteiger partial charge in [0.05, 0.1) is 0 Å². The lowest BCUT2D eigenvalue weighted by molar-refractivity contribution is -0.154. The Morgan fingerprint density at radius 2 is 0.848 bits per heavy atom. The zero-order chi connectivity index (χ0) is 24.0. The van der Waals surface area contributed by atoms with Gasteiger partial charge in [0.2, 0.25) is 0 Å². The van der Waals surface area contributed by atoms with Crippen LogP contribution in [0.3, 0.4) is 0 Å². The molecule has 2 N–H and O–H groups in total. The first-order valence-electron chi connectivity index (χ1n) is 13.6. The van der Waals surface area contributed by atoms with Crippen LogP contribution in [0.1, 0.15) is 128 Å². The smallest absolute Gasteiger partial charge is 0.317 e. The van der Waals surface area contributed by atoms with Crippen molar-refractivity contribution in [3.05, 3.63) is 35.9 Å². The summed E-state index contributed by atoms with van der Waals surface area (Å²) in [5.41, 5.74) is 1.47. The van der Waals surface area contributed by atoms with Crippen molar-refractivity contribution in [2.75, 3.05) is 0 Å². The second-order valence-corrected chi connectivity index (χ2v) is 9.62. The molecule has 0 bridgehead atoms. The Morgan fingerprint density at radius 3 is 1.21 bits per heavy atom. The first kappa shape index (κ1) is 29.2. The molecule has 0 amide bonds. The molecule has 0 aromatic heterocycles. The highest BCUT2D eigenvalue weighted by molar-refractivity contribution is 5.92. The fourth-order valence-corrected chi connectivity index (χ4v) is 4.50. The molecule has 0 radical (unpaired) electrons. The first-order valence-corrected chi connectivity index (χ1v) is 13.6. The van der Waals surface area contributed by atoms with Crippen molar-refractivity contribution in [3.8, 4) is 0 Å². The number of benzene rings is 1. The van der Waals surface area contributed by atoms with Crippen molar-refractivity contribution < 1.29 is 19.8 Å². The summed E-state index contributed by atoms with van der Waals surface area (Å²) in [5, 5.41) is 17.7. The minimum absolute atomic E-state index is 0.249. The number of unbranched alkanes of at least 4 members (excludes halogenated alkanes) is 17. The topological polar surface area (TPSA) is 74.6 Å². The first-order chi connectivity index (χ1) is 16.1. The molecule has 0 aliphatic heterocycles. The van der Waals surface area contributed by atoms with E-state index in [-0.39, 0.29) is 6.42 Å². The summed E-state index contributed by atoms with van der Waals surface area (Å²) in [5.74, 6) is -3.67. The molecular formula is C29H48O4. The van der Waals surface area contributed by atoms with E-state index in [0.717, 1.165) is 12.8 Å². The van der Waals surface area contributed by atoms with Gasteiger partial charge in [-0.05, 0) is 24.8 Å². The summed E-state index contributed by atoms with van der Waals surface area (Å²) in [6.45, 7) is 0. The number of aryl methyl sites for hydroxylation is 1. The number of aliphatic carboxylic acids is 2. The quantitative estimate of drug-likeness (QED) is 0.127. The van der Waals surface area contributed by atoms with Crippen LogP contribution in [0.25, 0.3) is 0 Å². The van der Waals surface area contributed by atoms with E-state index in [2.05, 4.69) is 30.3 Å². The van der Waals surface area contributed by atoms with E-state index < -0.39 is 17.9 Å². The SMILES string of the molecule is O=C(O)C(CCCCCCCCCCCCCCCCCCCCc1ccccc1)C(=O)O. The van der Waals surface area contributed by atoms with Crippen LogP contribution in [0, 0.1) is 5.92 Å². The van der Waals surface area contributed by atoms with E-state index in [0.29, 0.717) is 6.42 Å². The lowest BCUT2D eigenvalue weighted by Gasteiger charge is -2.07.